The summed E-state index contributed by atoms with van der Waals surface area (Å²) in [5.74, 6) is 1.57. The molecule has 224 valence electrons. The van der Waals surface area contributed by atoms with Gasteiger partial charge >= 0.3 is 0 Å². The highest BCUT2D eigenvalue weighted by molar-refractivity contribution is 8.78. The van der Waals surface area contributed by atoms with Crippen molar-refractivity contribution < 1.29 is 19.1 Å². The number of hydrogen-bond donors (Lipinski definition) is 1. The second-order valence-electron chi connectivity index (χ2n) is 11.5. The second-order valence-corrected chi connectivity index (χ2v) is 14.1. The lowest BCUT2D eigenvalue weighted by molar-refractivity contribution is -0.157. The van der Waals surface area contributed by atoms with Crippen molar-refractivity contribution in [2.75, 3.05) is 26.1 Å². The Bertz CT molecular complexity index is 1770. The average molecular weight is 627 g/mol. The Labute approximate surface area is 262 Å². The fourth-order valence-electron chi connectivity index (χ4n) is 7.03. The Balaban J connectivity index is 0.988. The Morgan fingerprint density at radius 2 is 1.80 bits per heavy atom. The van der Waals surface area contributed by atoms with Crippen LogP contribution in [0.2, 0.25) is 0 Å². The van der Waals surface area contributed by atoms with E-state index in [1.165, 1.54) is 21.6 Å². The highest BCUT2D eigenvalue weighted by Crippen LogP contribution is 2.67. The molecule has 2 bridgehead atoms. The van der Waals surface area contributed by atoms with Gasteiger partial charge in [0.1, 0.15) is 23.4 Å². The molecule has 4 atom stereocenters. The quantitative estimate of drug-likeness (QED) is 0.222. The summed E-state index contributed by atoms with van der Waals surface area (Å²) in [6.45, 7) is 1.20. The number of methoxy groups -OCH3 is 1. The summed E-state index contributed by atoms with van der Waals surface area (Å²) < 4.78 is 13.2. The molecule has 5 aliphatic rings. The number of nitrogens with zero attached hydrogens (tertiary/aromatic N) is 5. The summed E-state index contributed by atoms with van der Waals surface area (Å²) in [7, 11) is 6.42. The summed E-state index contributed by atoms with van der Waals surface area (Å²) in [6.07, 6.45) is 2.86. The normalized spacial score (nSPS) is 26.3. The summed E-state index contributed by atoms with van der Waals surface area (Å²) in [5.41, 5.74) is 4.40. The van der Waals surface area contributed by atoms with Crippen molar-refractivity contribution in [3.05, 3.63) is 90.1 Å². The van der Waals surface area contributed by atoms with Gasteiger partial charge < -0.3 is 19.7 Å². The summed E-state index contributed by atoms with van der Waals surface area (Å²) in [6, 6.07) is 24.1. The monoisotopic (exact) mass is 626 g/mol. The first-order valence-corrected chi connectivity index (χ1v) is 16.7. The number of para-hydroxylation sites is 1. The Kier molecular flexibility index (Phi) is 6.35. The molecule has 0 saturated carbocycles. The number of rotatable bonds is 8. The third-order valence-electron chi connectivity index (χ3n) is 9.16. The zero-order valence-electron chi connectivity index (χ0n) is 24.2. The van der Waals surface area contributed by atoms with Crippen molar-refractivity contribution in [1.29, 1.82) is 0 Å². The van der Waals surface area contributed by atoms with Gasteiger partial charge in [0.05, 0.1) is 25.3 Å². The van der Waals surface area contributed by atoms with Gasteiger partial charge in [-0.25, -0.2) is 0 Å². The zero-order valence-corrected chi connectivity index (χ0v) is 25.8. The lowest BCUT2D eigenvalue weighted by Gasteiger charge is -2.52. The molecule has 4 aromatic rings. The number of fused-ring (bicyclic) bond motifs is 5. The first-order valence-electron chi connectivity index (χ1n) is 14.5. The molecule has 10 nitrogen and oxygen atoms in total. The molecule has 1 spiro atoms. The van der Waals surface area contributed by atoms with Crippen LogP contribution in [-0.2, 0) is 21.5 Å². The highest BCUT2D eigenvalue weighted by Gasteiger charge is 2.74. The Morgan fingerprint density at radius 3 is 2.59 bits per heavy atom. The van der Waals surface area contributed by atoms with Crippen LogP contribution in [0.25, 0.3) is 11.3 Å². The summed E-state index contributed by atoms with van der Waals surface area (Å²) in [4.78, 5) is 29.9. The van der Waals surface area contributed by atoms with E-state index in [9.17, 15) is 9.59 Å². The molecule has 1 N–H and O–H groups in total. The van der Waals surface area contributed by atoms with E-state index < -0.39 is 15.7 Å². The van der Waals surface area contributed by atoms with Gasteiger partial charge in [-0.3, -0.25) is 19.2 Å². The predicted molar refractivity (Wildman–Crippen MR) is 169 cm³/mol. The number of carbonyl (C=O) groups excluding carboxylic acids is 2. The van der Waals surface area contributed by atoms with Crippen LogP contribution in [0.3, 0.4) is 0 Å². The van der Waals surface area contributed by atoms with Crippen molar-refractivity contribution in [2.45, 2.75) is 41.2 Å². The number of carbonyl (C=O) groups is 2. The largest absolute Gasteiger partial charge is 0.497 e. The number of hydrogen-bond acceptors (Lipinski definition) is 9. The number of aromatic nitrogens is 3. The Hall–Kier alpha value is -4.16. The van der Waals surface area contributed by atoms with Gasteiger partial charge in [0, 0.05) is 37.7 Å². The predicted octanol–water partition coefficient (Wildman–Crippen LogP) is 4.58. The van der Waals surface area contributed by atoms with Crippen LogP contribution in [0.5, 0.6) is 11.5 Å². The number of anilines is 1. The van der Waals surface area contributed by atoms with E-state index >= 15 is 0 Å². The van der Waals surface area contributed by atoms with E-state index in [2.05, 4.69) is 39.9 Å². The van der Waals surface area contributed by atoms with E-state index in [4.69, 9.17) is 9.47 Å². The highest BCUT2D eigenvalue weighted by atomic mass is 33.1. The molecule has 44 heavy (non-hydrogen) atoms. The fourth-order valence-corrected chi connectivity index (χ4v) is 10.5. The lowest BCUT2D eigenvalue weighted by atomic mass is 9.72. The number of likely N-dealkylation sites (N-methyl/N-ethyl adjacent to an activating group) is 1. The van der Waals surface area contributed by atoms with Crippen molar-refractivity contribution in [3.8, 4) is 22.8 Å². The SMILES string of the molecule is COc1ccc(-c2cn(CCCOc3ccc([C@]45CC67SS[C@@H](C(=O)N6[C@H]4Nc4ccccc45)N(C)C7=O)cc3)nn2)cc1. The van der Waals surface area contributed by atoms with E-state index in [0.717, 1.165) is 46.0 Å². The van der Waals surface area contributed by atoms with Crippen molar-refractivity contribution in [3.63, 3.8) is 0 Å². The van der Waals surface area contributed by atoms with E-state index in [0.29, 0.717) is 19.6 Å². The molecular formula is C32H30N6O4S2. The van der Waals surface area contributed by atoms with Crippen molar-refractivity contribution in [2.24, 2.45) is 0 Å². The Morgan fingerprint density at radius 1 is 1.02 bits per heavy atom. The molecule has 9 rings (SSSR count). The molecule has 1 aromatic heterocycles. The number of nitrogens with one attached hydrogen (secondary N) is 1. The van der Waals surface area contributed by atoms with Crippen LogP contribution in [0.1, 0.15) is 24.0 Å². The minimum atomic E-state index is -0.944. The van der Waals surface area contributed by atoms with Gasteiger partial charge in [0.15, 0.2) is 10.2 Å². The summed E-state index contributed by atoms with van der Waals surface area (Å²) in [5, 5.41) is 11.7. The van der Waals surface area contributed by atoms with Gasteiger partial charge in [-0.15, -0.1) is 5.10 Å². The van der Waals surface area contributed by atoms with E-state index in [1.54, 1.807) is 19.1 Å². The molecule has 1 unspecified atom stereocenters. The second kappa shape index (κ2) is 10.2. The smallest absolute Gasteiger partial charge is 0.261 e. The fraction of sp³-hybridized carbons (Fsp3) is 0.312. The molecule has 12 heteroatoms. The van der Waals surface area contributed by atoms with Crippen molar-refractivity contribution in [1.82, 2.24) is 24.8 Å². The molecule has 4 saturated heterocycles. The number of piperazine rings is 1. The first kappa shape index (κ1) is 27.4. The molecule has 2 amide bonds. The standard InChI is InChI=1S/C32H30N6O4S2/c1-36-28-27(39)38-29-31(19-32(38,30(36)40)44-43-28,24-6-3-4-7-25(24)33-29)21-10-14-23(15-11-21)42-17-5-16-37-18-26(34-35-37)20-8-12-22(41-2)13-9-20/h3-4,6-15,18,28-29,33H,5,16-17,19H2,1-2H3/t28-,29+,31-,32?/m0/s1. The van der Waals surface area contributed by atoms with Crippen LogP contribution >= 0.6 is 21.6 Å². The molecule has 6 heterocycles. The summed E-state index contributed by atoms with van der Waals surface area (Å²) >= 11 is 0. The molecular weight excluding hydrogens is 597 g/mol. The lowest BCUT2D eigenvalue weighted by Crippen LogP contribution is -2.70. The van der Waals surface area contributed by atoms with Gasteiger partial charge in [-0.1, -0.05) is 57.1 Å². The van der Waals surface area contributed by atoms with Crippen LogP contribution in [0, 0.1) is 0 Å². The van der Waals surface area contributed by atoms with Crippen LogP contribution in [-0.4, -0.2) is 73.8 Å². The van der Waals surface area contributed by atoms with Gasteiger partial charge in [0.2, 0.25) is 0 Å². The zero-order chi connectivity index (χ0) is 30.1. The van der Waals surface area contributed by atoms with E-state index in [1.807, 2.05) is 64.3 Å². The molecule has 3 aromatic carbocycles. The topological polar surface area (TPSA) is 102 Å². The minimum absolute atomic E-state index is 0.00219. The number of aryl methyl sites for hydroxylation is 1. The molecule has 5 aliphatic heterocycles. The maximum Gasteiger partial charge on any atom is 0.261 e. The van der Waals surface area contributed by atoms with Crippen LogP contribution in [0.15, 0.2) is 79.0 Å². The molecule has 0 radical (unpaired) electrons. The van der Waals surface area contributed by atoms with Crippen molar-refractivity contribution >= 4 is 39.1 Å². The van der Waals surface area contributed by atoms with Gasteiger partial charge in [-0.2, -0.15) is 0 Å². The molecule has 4 fully saturated rings. The van der Waals surface area contributed by atoms with E-state index in [-0.39, 0.29) is 18.0 Å². The third-order valence-corrected chi connectivity index (χ3v) is 12.4. The minimum Gasteiger partial charge on any atom is -0.497 e. The third kappa shape index (κ3) is 3.89. The first-order chi connectivity index (χ1) is 21.4. The van der Waals surface area contributed by atoms with Crippen LogP contribution < -0.4 is 14.8 Å². The number of benzene rings is 3. The van der Waals surface area contributed by atoms with Gasteiger partial charge in [0.25, 0.3) is 11.8 Å². The average Bonchev–Trinajstić information content (AvgIpc) is 3.73. The maximum absolute atomic E-state index is 13.7. The number of ether oxygens (including phenoxy) is 2. The van der Waals surface area contributed by atoms with Crippen LogP contribution in [0.4, 0.5) is 5.69 Å². The maximum atomic E-state index is 13.7. The number of amides is 2. The van der Waals surface area contributed by atoms with Gasteiger partial charge in [-0.05, 0) is 53.6 Å². The molecule has 0 aliphatic carbocycles.